The number of fused-ring (bicyclic) bond motifs is 1. The molecule has 0 aromatic heterocycles. The zero-order valence-electron chi connectivity index (χ0n) is 21.8. The van der Waals surface area contributed by atoms with Crippen LogP contribution < -0.4 is 15.4 Å². The predicted octanol–water partition coefficient (Wildman–Crippen LogP) is 6.45. The lowest BCUT2D eigenvalue weighted by atomic mass is 10.1. The van der Waals surface area contributed by atoms with Gasteiger partial charge >= 0.3 is 0 Å². The van der Waals surface area contributed by atoms with Crippen molar-refractivity contribution < 1.29 is 9.53 Å². The molecule has 6 heteroatoms. The maximum absolute atomic E-state index is 8.58. The Bertz CT molecular complexity index is 1120. The maximum atomic E-state index is 8.58. The van der Waals surface area contributed by atoms with E-state index in [0.29, 0.717) is 6.10 Å². The summed E-state index contributed by atoms with van der Waals surface area (Å²) in [5, 5.41) is 3.45. The van der Waals surface area contributed by atoms with Crippen molar-refractivity contribution in [3.63, 3.8) is 0 Å². The molecule has 2 saturated heterocycles. The van der Waals surface area contributed by atoms with Gasteiger partial charge in [-0.25, -0.2) is 0 Å². The first-order valence-electron chi connectivity index (χ1n) is 13.7. The van der Waals surface area contributed by atoms with Crippen LogP contribution in [0, 0.1) is 0 Å². The lowest BCUT2D eigenvalue weighted by molar-refractivity contribution is -0.106. The molecular weight excluding hydrogens is 482 g/mol. The van der Waals surface area contributed by atoms with E-state index in [1.54, 1.807) is 0 Å². The Morgan fingerprint density at radius 1 is 0.892 bits per heavy atom. The summed E-state index contributed by atoms with van der Waals surface area (Å²) in [5.74, 6) is 0.854. The summed E-state index contributed by atoms with van der Waals surface area (Å²) >= 11 is 6.27. The van der Waals surface area contributed by atoms with Crippen molar-refractivity contribution in [2.45, 2.75) is 57.5 Å². The Labute approximate surface area is 226 Å². The number of hydrogen-bond donors (Lipinski definition) is 1. The van der Waals surface area contributed by atoms with Crippen LogP contribution in [0.2, 0.25) is 5.02 Å². The van der Waals surface area contributed by atoms with E-state index in [0.717, 1.165) is 17.2 Å². The molecule has 5 nitrogen and oxygen atoms in total. The molecule has 3 aromatic carbocycles. The molecule has 3 aliphatic rings. The maximum Gasteiger partial charge on any atom is 0.204 e. The molecular formula is C31H40ClN3O2. The van der Waals surface area contributed by atoms with E-state index in [2.05, 4.69) is 70.1 Å². The third kappa shape index (κ3) is 8.65. The molecule has 0 atom stereocenters. The Morgan fingerprint density at radius 2 is 1.57 bits per heavy atom. The second kappa shape index (κ2) is 14.3. The molecule has 6 rings (SSSR count). The van der Waals surface area contributed by atoms with Crippen molar-refractivity contribution in [1.82, 2.24) is 4.90 Å². The fourth-order valence-corrected chi connectivity index (χ4v) is 5.27. The van der Waals surface area contributed by atoms with Crippen molar-refractivity contribution in [2.24, 2.45) is 5.73 Å². The van der Waals surface area contributed by atoms with Gasteiger partial charge in [-0.1, -0.05) is 48.0 Å². The molecule has 2 aliphatic heterocycles. The zero-order chi connectivity index (χ0) is 25.9. The molecule has 3 aromatic rings. The molecule has 1 amide bonds. The number of nitrogens with zero attached hydrogens (tertiary/aromatic N) is 2. The summed E-state index contributed by atoms with van der Waals surface area (Å²) in [5.41, 5.74) is 6.87. The number of anilines is 1. The highest BCUT2D eigenvalue weighted by Crippen LogP contribution is 2.32. The number of ether oxygens (including phenoxy) is 1. The van der Waals surface area contributed by atoms with E-state index in [4.69, 9.17) is 21.1 Å². The van der Waals surface area contributed by atoms with E-state index < -0.39 is 0 Å². The summed E-state index contributed by atoms with van der Waals surface area (Å²) in [7, 11) is 0. The van der Waals surface area contributed by atoms with Crippen molar-refractivity contribution >= 4 is 34.5 Å². The number of likely N-dealkylation sites (tertiary alicyclic amines) is 1. The van der Waals surface area contributed by atoms with E-state index in [1.807, 2.05) is 6.07 Å². The number of hydrogen-bond acceptors (Lipinski definition) is 4. The predicted molar refractivity (Wildman–Crippen MR) is 155 cm³/mol. The van der Waals surface area contributed by atoms with Crippen LogP contribution in [0.1, 0.15) is 50.5 Å². The van der Waals surface area contributed by atoms with E-state index in [1.165, 1.54) is 99.7 Å². The molecule has 1 aliphatic carbocycles. The van der Waals surface area contributed by atoms with E-state index >= 15 is 0 Å². The van der Waals surface area contributed by atoms with Gasteiger partial charge in [0.05, 0.1) is 11.1 Å². The second-order valence-electron chi connectivity index (χ2n) is 10.1. The molecule has 2 N–H and O–H groups in total. The number of rotatable bonds is 7. The van der Waals surface area contributed by atoms with Crippen molar-refractivity contribution in [1.29, 1.82) is 0 Å². The largest absolute Gasteiger partial charge is 0.489 e. The third-order valence-corrected chi connectivity index (χ3v) is 7.45. The Morgan fingerprint density at radius 3 is 2.24 bits per heavy atom. The standard InChI is InChI=1S/C16H22ClNO.C14H15N.CH3NO/c17-15-12-13(4-3-11-18-9-1-2-10-18)5-8-16(15)19-14-6-7-14;1-2-6-13-11-14(8-7-12(13)5-1)15-9-3-4-10-15;2-1-3/h5,8,12,14H,1-4,6-7,9-11H2;1-2,5-8,11H,3-4,9-10H2;1H,(H2,2,3). The van der Waals surface area contributed by atoms with Crippen LogP contribution in [0.15, 0.2) is 60.7 Å². The number of nitrogens with two attached hydrogens (primary N) is 1. The molecule has 3 fully saturated rings. The highest BCUT2D eigenvalue weighted by Gasteiger charge is 2.24. The quantitative estimate of drug-likeness (QED) is 0.363. The lowest BCUT2D eigenvalue weighted by Gasteiger charge is -2.17. The van der Waals surface area contributed by atoms with Gasteiger partial charge in [-0.2, -0.15) is 0 Å². The topological polar surface area (TPSA) is 58.8 Å². The number of benzene rings is 3. The second-order valence-corrected chi connectivity index (χ2v) is 10.5. The summed E-state index contributed by atoms with van der Waals surface area (Å²) in [6.45, 7) is 6.23. The Balaban J connectivity index is 0.000000160. The molecule has 0 bridgehead atoms. The summed E-state index contributed by atoms with van der Waals surface area (Å²) in [6, 6.07) is 21.6. The summed E-state index contributed by atoms with van der Waals surface area (Å²) in [6.07, 6.45) is 10.8. The van der Waals surface area contributed by atoms with Gasteiger partial charge < -0.3 is 20.3 Å². The van der Waals surface area contributed by atoms with Crippen molar-refractivity contribution in [2.75, 3.05) is 37.6 Å². The van der Waals surface area contributed by atoms with Gasteiger partial charge in [0, 0.05) is 18.8 Å². The van der Waals surface area contributed by atoms with Crippen LogP contribution in [0.25, 0.3) is 10.8 Å². The number of halogens is 1. The Hall–Kier alpha value is -2.76. The van der Waals surface area contributed by atoms with Crippen molar-refractivity contribution in [3.05, 3.63) is 71.2 Å². The van der Waals surface area contributed by atoms with Crippen LogP contribution in [-0.2, 0) is 11.2 Å². The number of primary amides is 1. The van der Waals surface area contributed by atoms with Crippen molar-refractivity contribution in [3.8, 4) is 5.75 Å². The van der Waals surface area contributed by atoms with Crippen LogP contribution >= 0.6 is 11.6 Å². The molecule has 0 unspecified atom stereocenters. The SMILES string of the molecule is Clc1cc(CCCN2CCCC2)ccc1OC1CC1.NC=O.c1ccc2cc(N3CCCC3)ccc2c1. The minimum atomic E-state index is 0.250. The number of aryl methyl sites for hydroxylation is 1. The van der Waals surface area contributed by atoms with Gasteiger partial charge in [0.15, 0.2) is 0 Å². The first kappa shape index (κ1) is 27.3. The van der Waals surface area contributed by atoms with E-state index in [9.17, 15) is 0 Å². The van der Waals surface area contributed by atoms with Crippen LogP contribution in [0.5, 0.6) is 5.75 Å². The summed E-state index contributed by atoms with van der Waals surface area (Å²) in [4.78, 5) is 13.6. The van der Waals surface area contributed by atoms with E-state index in [-0.39, 0.29) is 6.41 Å². The molecule has 0 radical (unpaired) electrons. The van der Waals surface area contributed by atoms with Gasteiger partial charge in [-0.15, -0.1) is 0 Å². The lowest BCUT2D eigenvalue weighted by Crippen LogP contribution is -2.20. The monoisotopic (exact) mass is 521 g/mol. The fraction of sp³-hybridized carbons (Fsp3) is 0.452. The highest BCUT2D eigenvalue weighted by atomic mass is 35.5. The van der Waals surface area contributed by atoms with Gasteiger partial charge in [0.25, 0.3) is 0 Å². The number of carbonyl (C=O) groups excluding carboxylic acids is 1. The van der Waals surface area contributed by atoms with Crippen LogP contribution in [0.3, 0.4) is 0 Å². The molecule has 37 heavy (non-hydrogen) atoms. The average Bonchev–Trinajstić information content (AvgIpc) is 3.33. The molecule has 1 saturated carbocycles. The minimum Gasteiger partial charge on any atom is -0.489 e. The molecule has 198 valence electrons. The first-order chi connectivity index (χ1) is 18.2. The number of amides is 1. The zero-order valence-corrected chi connectivity index (χ0v) is 22.5. The Kier molecular flexibility index (Phi) is 10.5. The molecule has 2 heterocycles. The first-order valence-corrected chi connectivity index (χ1v) is 14.1. The smallest absolute Gasteiger partial charge is 0.204 e. The third-order valence-electron chi connectivity index (χ3n) is 7.16. The minimum absolute atomic E-state index is 0.250. The fourth-order valence-electron chi connectivity index (χ4n) is 5.02. The van der Waals surface area contributed by atoms with Crippen LogP contribution in [-0.4, -0.2) is 50.1 Å². The normalized spacial score (nSPS) is 17.1. The van der Waals surface area contributed by atoms with Gasteiger partial charge in [-0.3, -0.25) is 4.79 Å². The average molecular weight is 522 g/mol. The summed E-state index contributed by atoms with van der Waals surface area (Å²) < 4.78 is 5.76. The van der Waals surface area contributed by atoms with Crippen LogP contribution in [0.4, 0.5) is 5.69 Å². The number of carbonyl (C=O) groups is 1. The van der Waals surface area contributed by atoms with Gasteiger partial charge in [-0.05, 0) is 112 Å². The molecule has 0 spiro atoms. The van der Waals surface area contributed by atoms with Gasteiger partial charge in [0.1, 0.15) is 5.75 Å². The highest BCUT2D eigenvalue weighted by molar-refractivity contribution is 6.32. The van der Waals surface area contributed by atoms with Gasteiger partial charge in [0.2, 0.25) is 6.41 Å².